The summed E-state index contributed by atoms with van der Waals surface area (Å²) in [6, 6.07) is 6.76. The molecule has 1 aromatic carbocycles. The molecule has 0 N–H and O–H groups in total. The molecule has 5 rings (SSSR count). The van der Waals surface area contributed by atoms with Crippen molar-refractivity contribution < 1.29 is 18.6 Å². The molecule has 0 bridgehead atoms. The number of aromatic nitrogens is 1. The third-order valence-corrected chi connectivity index (χ3v) is 7.22. The van der Waals surface area contributed by atoms with Gasteiger partial charge in [-0.05, 0) is 30.9 Å². The van der Waals surface area contributed by atoms with E-state index in [1.54, 1.807) is 7.05 Å². The van der Waals surface area contributed by atoms with Crippen LogP contribution in [0.5, 0.6) is 0 Å². The number of imide groups is 1. The van der Waals surface area contributed by atoms with Gasteiger partial charge in [0.1, 0.15) is 5.52 Å². The zero-order valence-electron chi connectivity index (χ0n) is 18.5. The largest absolute Gasteiger partial charge is 0.431 e. The first-order chi connectivity index (χ1) is 15.4. The first-order valence-corrected chi connectivity index (χ1v) is 11.9. The Bertz CT molecular complexity index is 1100. The van der Waals surface area contributed by atoms with Gasteiger partial charge in [0, 0.05) is 19.8 Å². The number of likely N-dealkylation sites (N-methyl/N-ethyl adjacent to an activating group) is 2. The van der Waals surface area contributed by atoms with Crippen molar-refractivity contribution in [3.05, 3.63) is 24.3 Å². The summed E-state index contributed by atoms with van der Waals surface area (Å²) < 4.78 is 8.07. The molecule has 4 heterocycles. The summed E-state index contributed by atoms with van der Waals surface area (Å²) in [6.45, 7) is 4.65. The van der Waals surface area contributed by atoms with Crippen molar-refractivity contribution in [1.82, 2.24) is 19.7 Å². The lowest BCUT2D eigenvalue weighted by atomic mass is 10.0. The van der Waals surface area contributed by atoms with Gasteiger partial charge in [-0.3, -0.25) is 19.2 Å². The summed E-state index contributed by atoms with van der Waals surface area (Å²) in [4.78, 5) is 39.6. The predicted molar refractivity (Wildman–Crippen MR) is 122 cm³/mol. The van der Waals surface area contributed by atoms with E-state index in [1.807, 2.05) is 29.2 Å². The highest BCUT2D eigenvalue weighted by Gasteiger charge is 2.55. The van der Waals surface area contributed by atoms with Crippen molar-refractivity contribution in [1.29, 1.82) is 0 Å². The van der Waals surface area contributed by atoms with Crippen LogP contribution in [0.25, 0.3) is 11.1 Å². The molecule has 0 radical (unpaired) electrons. The number of aliphatic imine (C=N–C) groups is 1. The van der Waals surface area contributed by atoms with E-state index in [0.717, 1.165) is 43.0 Å². The van der Waals surface area contributed by atoms with Crippen LogP contribution in [0, 0.1) is 5.92 Å². The van der Waals surface area contributed by atoms with E-state index >= 15 is 0 Å². The first kappa shape index (κ1) is 21.0. The van der Waals surface area contributed by atoms with E-state index in [2.05, 4.69) is 16.5 Å². The van der Waals surface area contributed by atoms with Crippen molar-refractivity contribution in [2.75, 3.05) is 39.5 Å². The maximum atomic E-state index is 13.1. The van der Waals surface area contributed by atoms with Gasteiger partial charge in [0.05, 0.1) is 19.6 Å². The van der Waals surface area contributed by atoms with Crippen LogP contribution in [0.1, 0.15) is 19.8 Å². The van der Waals surface area contributed by atoms with Gasteiger partial charge in [0.2, 0.25) is 11.9 Å². The van der Waals surface area contributed by atoms with Crippen LogP contribution in [-0.4, -0.2) is 93.5 Å². The normalized spacial score (nSPS) is 24.0. The summed E-state index contributed by atoms with van der Waals surface area (Å²) in [5.74, 6) is 2.42. The van der Waals surface area contributed by atoms with Crippen LogP contribution in [-0.2, 0) is 4.79 Å². The second-order valence-corrected chi connectivity index (χ2v) is 9.62. The van der Waals surface area contributed by atoms with E-state index < -0.39 is 6.04 Å². The zero-order chi connectivity index (χ0) is 22.4. The Kier molecular flexibility index (Phi) is 5.40. The highest BCUT2D eigenvalue weighted by atomic mass is 32.2. The monoisotopic (exact) mass is 455 g/mol. The molecule has 10 heteroatoms. The van der Waals surface area contributed by atoms with Crippen LogP contribution in [0.3, 0.4) is 0 Å². The maximum Gasteiger partial charge on any atom is 0.392 e. The SMILES string of the molecule is CC1CC[N+](=C2N=C3C(C(=O)N(C)C(=O)N3C)N2CCSc2nc3ccccc3o2)CC1. The first-order valence-electron chi connectivity index (χ1n) is 10.9. The number of hydrogen-bond donors (Lipinski definition) is 0. The Morgan fingerprint density at radius 2 is 1.91 bits per heavy atom. The van der Waals surface area contributed by atoms with Crippen LogP contribution in [0.4, 0.5) is 4.79 Å². The Balaban J connectivity index is 1.40. The highest BCUT2D eigenvalue weighted by Crippen LogP contribution is 2.27. The molecule has 0 saturated carbocycles. The number of guanidine groups is 1. The minimum Gasteiger partial charge on any atom is -0.431 e. The number of amidine groups is 1. The molecule has 32 heavy (non-hydrogen) atoms. The molecule has 0 spiro atoms. The van der Waals surface area contributed by atoms with E-state index in [1.165, 1.54) is 28.6 Å². The number of rotatable bonds is 4. The average Bonchev–Trinajstić information content (AvgIpc) is 3.38. The maximum absolute atomic E-state index is 13.1. The van der Waals surface area contributed by atoms with Crippen molar-refractivity contribution in [3.8, 4) is 0 Å². The summed E-state index contributed by atoms with van der Waals surface area (Å²) in [7, 11) is 3.22. The second-order valence-electron chi connectivity index (χ2n) is 8.57. The van der Waals surface area contributed by atoms with Crippen LogP contribution in [0.2, 0.25) is 0 Å². The zero-order valence-corrected chi connectivity index (χ0v) is 19.3. The van der Waals surface area contributed by atoms with Gasteiger partial charge in [0.15, 0.2) is 5.58 Å². The molecule has 3 aliphatic heterocycles. The minimum absolute atomic E-state index is 0.237. The number of nitrogens with zero attached hydrogens (tertiary/aromatic N) is 6. The van der Waals surface area contributed by atoms with Gasteiger partial charge < -0.3 is 4.42 Å². The Hall–Kier alpha value is -2.88. The van der Waals surface area contributed by atoms with Gasteiger partial charge in [-0.25, -0.2) is 14.7 Å². The molecule has 168 valence electrons. The molecule has 2 aromatic rings. The summed E-state index contributed by atoms with van der Waals surface area (Å²) in [5, 5.41) is 0.610. The number of thioether (sulfide) groups is 1. The standard InChI is InChI=1S/C22H27N6O3S/c1-14-8-10-27(11-9-14)20-24-18-17(19(29)26(3)22(30)25(18)2)28(20)12-13-32-21-23-15-6-4-5-7-16(15)31-21/h4-7,14,17H,8-13H2,1-3H3/q+1. The fraction of sp³-hybridized carbons (Fsp3) is 0.500. The smallest absolute Gasteiger partial charge is 0.392 e. The van der Waals surface area contributed by atoms with E-state index in [0.29, 0.717) is 29.3 Å². The topological polar surface area (TPSA) is 85.3 Å². The lowest BCUT2D eigenvalue weighted by Crippen LogP contribution is -2.63. The number of carbonyl (C=O) groups excluding carboxylic acids is 2. The lowest BCUT2D eigenvalue weighted by Gasteiger charge is -2.33. The Morgan fingerprint density at radius 3 is 2.66 bits per heavy atom. The molecule has 3 aliphatic rings. The Labute approximate surface area is 190 Å². The van der Waals surface area contributed by atoms with Gasteiger partial charge in [-0.1, -0.05) is 35.8 Å². The van der Waals surface area contributed by atoms with Gasteiger partial charge in [0.25, 0.3) is 11.1 Å². The molecule has 0 aliphatic carbocycles. The molecular formula is C22H27N6O3S+. The number of benzene rings is 1. The molecule has 2 saturated heterocycles. The summed E-state index contributed by atoms with van der Waals surface area (Å²) in [6.07, 6.45) is 2.18. The number of piperidine rings is 1. The van der Waals surface area contributed by atoms with E-state index in [9.17, 15) is 9.59 Å². The predicted octanol–water partition coefficient (Wildman–Crippen LogP) is 2.32. The fourth-order valence-corrected chi connectivity index (χ4v) is 5.19. The van der Waals surface area contributed by atoms with Crippen molar-refractivity contribution >= 4 is 46.6 Å². The molecule has 2 fully saturated rings. The van der Waals surface area contributed by atoms with Crippen molar-refractivity contribution in [2.24, 2.45) is 10.9 Å². The summed E-state index contributed by atoms with van der Waals surface area (Å²) in [5.41, 5.74) is 1.60. The lowest BCUT2D eigenvalue weighted by molar-refractivity contribution is -0.545. The Morgan fingerprint density at radius 1 is 1.16 bits per heavy atom. The number of urea groups is 1. The van der Waals surface area contributed by atoms with E-state index in [-0.39, 0.29) is 11.9 Å². The number of carbonyl (C=O) groups is 2. The molecule has 9 nitrogen and oxygen atoms in total. The molecule has 1 atom stereocenters. The molecule has 1 unspecified atom stereocenters. The fourth-order valence-electron chi connectivity index (χ4n) is 4.42. The highest BCUT2D eigenvalue weighted by molar-refractivity contribution is 7.99. The van der Waals surface area contributed by atoms with Crippen molar-refractivity contribution in [2.45, 2.75) is 31.0 Å². The van der Waals surface area contributed by atoms with Crippen LogP contribution < -0.4 is 0 Å². The average molecular weight is 456 g/mol. The quantitative estimate of drug-likeness (QED) is 0.520. The third-order valence-electron chi connectivity index (χ3n) is 6.41. The molecule has 1 aromatic heterocycles. The van der Waals surface area contributed by atoms with Crippen LogP contribution in [0.15, 0.2) is 38.9 Å². The number of oxazole rings is 1. The van der Waals surface area contributed by atoms with Gasteiger partial charge in [-0.2, -0.15) is 0 Å². The van der Waals surface area contributed by atoms with Gasteiger partial charge in [-0.15, -0.1) is 0 Å². The number of amides is 3. The number of para-hydroxylation sites is 2. The number of hydrogen-bond acceptors (Lipinski definition) is 5. The van der Waals surface area contributed by atoms with Crippen molar-refractivity contribution in [3.63, 3.8) is 0 Å². The third kappa shape index (κ3) is 3.56. The number of fused-ring (bicyclic) bond motifs is 2. The van der Waals surface area contributed by atoms with Crippen LogP contribution >= 0.6 is 11.8 Å². The van der Waals surface area contributed by atoms with Gasteiger partial charge >= 0.3 is 12.0 Å². The summed E-state index contributed by atoms with van der Waals surface area (Å²) >= 11 is 1.52. The second kappa shape index (κ2) is 8.23. The molecular weight excluding hydrogens is 428 g/mol. The van der Waals surface area contributed by atoms with E-state index in [4.69, 9.17) is 9.41 Å². The molecule has 3 amide bonds. The minimum atomic E-state index is -0.582.